The highest BCUT2D eigenvalue weighted by molar-refractivity contribution is 7.88. The number of carbonyl (C=O) groups excluding carboxylic acids is 2. The van der Waals surface area contributed by atoms with Crippen LogP contribution >= 0.6 is 0 Å². The molecule has 3 aliphatic heterocycles. The lowest BCUT2D eigenvalue weighted by Gasteiger charge is -2.31. The number of allylic oxidation sites excluding steroid dienone is 1. The molecule has 0 saturated carbocycles. The van der Waals surface area contributed by atoms with Crippen LogP contribution in [0.5, 0.6) is 0 Å². The van der Waals surface area contributed by atoms with E-state index in [1.54, 1.807) is 28.4 Å². The molecule has 3 amide bonds. The molecule has 2 atom stereocenters. The van der Waals surface area contributed by atoms with Gasteiger partial charge in [0, 0.05) is 56.4 Å². The molecule has 9 nitrogen and oxygen atoms in total. The van der Waals surface area contributed by atoms with Crippen LogP contribution in [-0.4, -0.2) is 64.8 Å². The van der Waals surface area contributed by atoms with Gasteiger partial charge in [-0.25, -0.2) is 13.2 Å². The summed E-state index contributed by atoms with van der Waals surface area (Å²) >= 11 is 0. The van der Waals surface area contributed by atoms with Gasteiger partial charge in [-0.1, -0.05) is 18.2 Å². The Morgan fingerprint density at radius 2 is 1.80 bits per heavy atom. The molecule has 184 valence electrons. The Bertz CT molecular complexity index is 1240. The van der Waals surface area contributed by atoms with Gasteiger partial charge in [-0.2, -0.15) is 4.31 Å². The Morgan fingerprint density at radius 3 is 2.49 bits per heavy atom. The lowest BCUT2D eigenvalue weighted by Crippen LogP contribution is -2.46. The summed E-state index contributed by atoms with van der Waals surface area (Å²) in [5, 5.41) is 2.96. The van der Waals surface area contributed by atoms with Crippen LogP contribution in [0.15, 0.2) is 55.0 Å². The first-order valence-electron chi connectivity index (χ1n) is 11.8. The molecule has 1 saturated heterocycles. The number of fused-ring (bicyclic) bond motifs is 1. The maximum atomic E-state index is 13.0. The van der Waals surface area contributed by atoms with Gasteiger partial charge in [0.2, 0.25) is 15.9 Å². The number of nitrogens with one attached hydrogen (secondary N) is 1. The number of urea groups is 1. The zero-order valence-corrected chi connectivity index (χ0v) is 20.4. The molecule has 35 heavy (non-hydrogen) atoms. The molecular formula is C25H29N5O4S. The maximum absolute atomic E-state index is 13.0. The molecule has 2 unspecified atom stereocenters. The number of hydrogen-bond donors (Lipinski definition) is 1. The third-order valence-electron chi connectivity index (χ3n) is 6.98. The minimum Gasteiger partial charge on any atom is -0.318 e. The quantitative estimate of drug-likeness (QED) is 0.703. The minimum atomic E-state index is -3.40. The van der Waals surface area contributed by atoms with E-state index in [1.807, 2.05) is 36.4 Å². The molecule has 0 aliphatic carbocycles. The summed E-state index contributed by atoms with van der Waals surface area (Å²) in [4.78, 5) is 33.1. The molecule has 10 heteroatoms. The summed E-state index contributed by atoms with van der Waals surface area (Å²) in [6, 6.07) is 8.97. The van der Waals surface area contributed by atoms with E-state index in [2.05, 4.69) is 10.3 Å². The van der Waals surface area contributed by atoms with Crippen molar-refractivity contribution in [2.45, 2.75) is 44.3 Å². The van der Waals surface area contributed by atoms with Crippen molar-refractivity contribution in [1.29, 1.82) is 0 Å². The Morgan fingerprint density at radius 1 is 1.03 bits per heavy atom. The number of hydrogen-bond acceptors (Lipinski definition) is 5. The molecule has 1 aromatic heterocycles. The van der Waals surface area contributed by atoms with Gasteiger partial charge in [-0.05, 0) is 54.2 Å². The van der Waals surface area contributed by atoms with E-state index < -0.39 is 16.1 Å². The molecule has 3 aliphatic rings. The van der Waals surface area contributed by atoms with Crippen LogP contribution < -0.4 is 5.32 Å². The van der Waals surface area contributed by atoms with Crippen molar-refractivity contribution < 1.29 is 18.0 Å². The van der Waals surface area contributed by atoms with E-state index in [4.69, 9.17) is 0 Å². The molecule has 0 radical (unpaired) electrons. The number of nitrogens with zero attached hydrogens (tertiary/aromatic N) is 4. The van der Waals surface area contributed by atoms with Gasteiger partial charge in [0.25, 0.3) is 0 Å². The Labute approximate surface area is 205 Å². The monoisotopic (exact) mass is 495 g/mol. The standard InChI is InChI=1S/C25H29N5O4S/c1-35(33,34)30-12-2-3-23(30)24(31)28-13-9-19(10-14-28)18-4-6-22(7-5-18)27-25(32)29-16-20-8-11-26-15-21(20)17-29/h4-9,11,13,15,19,23H,2-3,10,12,14,16-17H2,1H3,(H,27,32). The molecule has 1 aromatic carbocycles. The third-order valence-corrected chi connectivity index (χ3v) is 8.27. The van der Waals surface area contributed by atoms with Crippen molar-refractivity contribution in [2.24, 2.45) is 0 Å². The van der Waals surface area contributed by atoms with Crippen molar-refractivity contribution in [1.82, 2.24) is 19.1 Å². The molecule has 5 rings (SSSR count). The first kappa shape index (κ1) is 23.5. The molecule has 0 bridgehead atoms. The van der Waals surface area contributed by atoms with Gasteiger partial charge >= 0.3 is 6.03 Å². The van der Waals surface area contributed by atoms with Crippen LogP contribution in [0.25, 0.3) is 0 Å². The predicted octanol–water partition coefficient (Wildman–Crippen LogP) is 2.88. The van der Waals surface area contributed by atoms with E-state index in [0.717, 1.165) is 35.1 Å². The predicted molar refractivity (Wildman–Crippen MR) is 132 cm³/mol. The second-order valence-corrected chi connectivity index (χ2v) is 11.3. The fourth-order valence-electron chi connectivity index (χ4n) is 5.07. The Hall–Kier alpha value is -3.24. The number of benzene rings is 1. The van der Waals surface area contributed by atoms with E-state index in [9.17, 15) is 18.0 Å². The lowest BCUT2D eigenvalue weighted by molar-refractivity contribution is -0.132. The summed E-state index contributed by atoms with van der Waals surface area (Å²) in [6.45, 7) is 2.07. The minimum absolute atomic E-state index is 0.143. The van der Waals surface area contributed by atoms with Crippen LogP contribution in [0.3, 0.4) is 0 Å². The van der Waals surface area contributed by atoms with Crippen molar-refractivity contribution in [3.63, 3.8) is 0 Å². The van der Waals surface area contributed by atoms with Crippen LogP contribution in [0.2, 0.25) is 0 Å². The van der Waals surface area contributed by atoms with E-state index in [0.29, 0.717) is 39.0 Å². The Balaban J connectivity index is 1.17. The largest absolute Gasteiger partial charge is 0.322 e. The highest BCUT2D eigenvalue weighted by Gasteiger charge is 2.38. The topological polar surface area (TPSA) is 103 Å². The first-order chi connectivity index (χ1) is 16.8. The maximum Gasteiger partial charge on any atom is 0.322 e. The Kier molecular flexibility index (Phi) is 6.33. The van der Waals surface area contributed by atoms with Crippen molar-refractivity contribution in [2.75, 3.05) is 24.7 Å². The number of sulfonamides is 1. The summed E-state index contributed by atoms with van der Waals surface area (Å²) in [5.41, 5.74) is 4.03. The van der Waals surface area contributed by atoms with Gasteiger partial charge in [-0.3, -0.25) is 9.78 Å². The summed E-state index contributed by atoms with van der Waals surface area (Å²) in [5.74, 6) is -0.000461. The normalized spacial score (nSPS) is 22.3. The second-order valence-electron chi connectivity index (χ2n) is 9.35. The summed E-state index contributed by atoms with van der Waals surface area (Å²) in [6.07, 6.45) is 10.5. The summed E-state index contributed by atoms with van der Waals surface area (Å²) < 4.78 is 25.3. The smallest absolute Gasteiger partial charge is 0.318 e. The average Bonchev–Trinajstić information content (AvgIpc) is 3.52. The summed E-state index contributed by atoms with van der Waals surface area (Å²) in [7, 11) is -3.40. The fourth-order valence-corrected chi connectivity index (χ4v) is 6.19. The number of aromatic nitrogens is 1. The highest BCUT2D eigenvalue weighted by atomic mass is 32.2. The molecule has 2 aromatic rings. The van der Waals surface area contributed by atoms with Crippen LogP contribution in [0, 0.1) is 0 Å². The fraction of sp³-hybridized carbons (Fsp3) is 0.400. The SMILES string of the molecule is CS(=O)(=O)N1CCCC1C(=O)N1C=CC(c2ccc(NC(=O)N3Cc4ccncc4C3)cc2)CC1. The van der Waals surface area contributed by atoms with Gasteiger partial charge in [0.05, 0.1) is 6.26 Å². The lowest BCUT2D eigenvalue weighted by atomic mass is 9.93. The van der Waals surface area contributed by atoms with Crippen molar-refractivity contribution in [3.8, 4) is 0 Å². The molecular weight excluding hydrogens is 466 g/mol. The number of rotatable bonds is 4. The van der Waals surface area contributed by atoms with Gasteiger partial charge in [0.15, 0.2) is 0 Å². The number of carbonyl (C=O) groups is 2. The van der Waals surface area contributed by atoms with Crippen LogP contribution in [0.1, 0.15) is 41.9 Å². The number of anilines is 1. The van der Waals surface area contributed by atoms with Crippen molar-refractivity contribution >= 4 is 27.6 Å². The van der Waals surface area contributed by atoms with Crippen molar-refractivity contribution in [3.05, 3.63) is 71.7 Å². The van der Waals surface area contributed by atoms with Crippen LogP contribution in [-0.2, 0) is 27.9 Å². The first-order valence-corrected chi connectivity index (χ1v) is 13.7. The van der Waals surface area contributed by atoms with E-state index in [-0.39, 0.29) is 17.9 Å². The molecule has 1 fully saturated rings. The van der Waals surface area contributed by atoms with Crippen LogP contribution in [0.4, 0.5) is 10.5 Å². The van der Waals surface area contributed by atoms with Gasteiger partial charge in [-0.15, -0.1) is 0 Å². The zero-order chi connectivity index (χ0) is 24.6. The average molecular weight is 496 g/mol. The van der Waals surface area contributed by atoms with E-state index >= 15 is 0 Å². The number of pyridine rings is 1. The molecule has 4 heterocycles. The third kappa shape index (κ3) is 4.94. The highest BCUT2D eigenvalue weighted by Crippen LogP contribution is 2.29. The number of amides is 3. The molecule has 0 spiro atoms. The second kappa shape index (κ2) is 9.43. The zero-order valence-electron chi connectivity index (χ0n) is 19.6. The van der Waals surface area contributed by atoms with Gasteiger partial charge in [0.1, 0.15) is 6.04 Å². The van der Waals surface area contributed by atoms with Gasteiger partial charge < -0.3 is 15.1 Å². The molecule has 1 N–H and O–H groups in total. The van der Waals surface area contributed by atoms with E-state index in [1.165, 1.54) is 4.31 Å².